The Morgan fingerprint density at radius 3 is 2.96 bits per heavy atom. The van der Waals surface area contributed by atoms with Crippen molar-refractivity contribution < 1.29 is 14.0 Å². The summed E-state index contributed by atoms with van der Waals surface area (Å²) in [6.07, 6.45) is 4.31. The van der Waals surface area contributed by atoms with Crippen LogP contribution in [0.25, 0.3) is 0 Å². The number of likely N-dealkylation sites (tertiary alicyclic amines) is 1. The minimum Gasteiger partial charge on any atom is -0.349 e. The van der Waals surface area contributed by atoms with Crippen molar-refractivity contribution >= 4 is 11.8 Å². The van der Waals surface area contributed by atoms with E-state index in [1.807, 2.05) is 11.8 Å². The van der Waals surface area contributed by atoms with Crippen molar-refractivity contribution in [2.24, 2.45) is 5.41 Å². The summed E-state index contributed by atoms with van der Waals surface area (Å²) in [4.78, 5) is 26.8. The van der Waals surface area contributed by atoms with Crippen LogP contribution < -0.4 is 5.32 Å². The molecule has 0 bridgehead atoms. The minimum atomic E-state index is -0.415. The summed E-state index contributed by atoms with van der Waals surface area (Å²) in [7, 11) is 0. The summed E-state index contributed by atoms with van der Waals surface area (Å²) in [5, 5.41) is 2.99. The van der Waals surface area contributed by atoms with Gasteiger partial charge in [0.15, 0.2) is 0 Å². The van der Waals surface area contributed by atoms with E-state index in [2.05, 4.69) is 5.32 Å². The second kappa shape index (κ2) is 6.30. The second-order valence-corrected chi connectivity index (χ2v) is 6.69. The number of carbonyl (C=O) groups excluding carboxylic acids is 2. The molecule has 2 fully saturated rings. The molecule has 1 aliphatic heterocycles. The highest BCUT2D eigenvalue weighted by Crippen LogP contribution is 2.44. The van der Waals surface area contributed by atoms with E-state index in [4.69, 9.17) is 0 Å². The van der Waals surface area contributed by atoms with Crippen LogP contribution in [0.4, 0.5) is 4.39 Å². The smallest absolute Gasteiger partial charge is 0.251 e. The fourth-order valence-corrected chi connectivity index (χ4v) is 4.00. The van der Waals surface area contributed by atoms with E-state index in [9.17, 15) is 14.0 Å². The zero-order valence-electron chi connectivity index (χ0n) is 13.5. The fourth-order valence-electron chi connectivity index (χ4n) is 4.00. The monoisotopic (exact) mass is 318 g/mol. The van der Waals surface area contributed by atoms with Crippen molar-refractivity contribution in [3.63, 3.8) is 0 Å². The largest absolute Gasteiger partial charge is 0.349 e. The van der Waals surface area contributed by atoms with Crippen molar-refractivity contribution in [3.05, 3.63) is 35.6 Å². The highest BCUT2D eigenvalue weighted by atomic mass is 19.1. The van der Waals surface area contributed by atoms with Gasteiger partial charge in [0.05, 0.1) is 5.41 Å². The maximum absolute atomic E-state index is 13.2. The summed E-state index contributed by atoms with van der Waals surface area (Å²) in [6.45, 7) is 3.57. The van der Waals surface area contributed by atoms with E-state index in [1.54, 1.807) is 6.07 Å². The second-order valence-electron chi connectivity index (χ2n) is 6.69. The van der Waals surface area contributed by atoms with Crippen LogP contribution in [0.3, 0.4) is 0 Å². The third kappa shape index (κ3) is 3.09. The van der Waals surface area contributed by atoms with Gasteiger partial charge in [0.2, 0.25) is 5.91 Å². The summed E-state index contributed by atoms with van der Waals surface area (Å²) in [5.74, 6) is -0.434. The number of amides is 2. The van der Waals surface area contributed by atoms with Gasteiger partial charge >= 0.3 is 0 Å². The van der Waals surface area contributed by atoms with Crippen molar-refractivity contribution in [2.45, 2.75) is 45.1 Å². The molecule has 1 aliphatic carbocycles. The lowest BCUT2D eigenvalue weighted by Crippen LogP contribution is -2.45. The average molecular weight is 318 g/mol. The molecule has 2 atom stereocenters. The molecule has 0 aromatic heterocycles. The van der Waals surface area contributed by atoms with Gasteiger partial charge in [-0.05, 0) is 50.8 Å². The van der Waals surface area contributed by atoms with E-state index in [0.717, 1.165) is 38.8 Å². The molecule has 2 amide bonds. The molecule has 4 nitrogen and oxygen atoms in total. The van der Waals surface area contributed by atoms with Crippen molar-refractivity contribution in [2.75, 3.05) is 13.1 Å². The Morgan fingerprint density at radius 1 is 1.43 bits per heavy atom. The molecule has 23 heavy (non-hydrogen) atoms. The first kappa shape index (κ1) is 16.0. The lowest BCUT2D eigenvalue weighted by atomic mass is 9.71. The Labute approximate surface area is 136 Å². The van der Waals surface area contributed by atoms with Crippen LogP contribution in [-0.2, 0) is 4.79 Å². The lowest BCUT2D eigenvalue weighted by molar-refractivity contribution is -0.137. The van der Waals surface area contributed by atoms with Gasteiger partial charge < -0.3 is 10.2 Å². The number of nitrogens with zero attached hydrogens (tertiary/aromatic N) is 1. The lowest BCUT2D eigenvalue weighted by Gasteiger charge is -2.36. The van der Waals surface area contributed by atoms with Crippen molar-refractivity contribution in [3.8, 4) is 0 Å². The Morgan fingerprint density at radius 2 is 2.26 bits per heavy atom. The maximum atomic E-state index is 13.2. The third-order valence-corrected chi connectivity index (χ3v) is 5.25. The first-order valence-corrected chi connectivity index (χ1v) is 8.40. The zero-order valence-corrected chi connectivity index (χ0v) is 13.5. The molecule has 0 radical (unpaired) electrons. The van der Waals surface area contributed by atoms with Crippen molar-refractivity contribution in [1.29, 1.82) is 0 Å². The topological polar surface area (TPSA) is 49.4 Å². The van der Waals surface area contributed by atoms with Crippen LogP contribution in [0.1, 0.15) is 49.4 Å². The molecule has 1 heterocycles. The number of hydrogen-bond acceptors (Lipinski definition) is 2. The van der Waals surface area contributed by atoms with Gasteiger partial charge in [-0.25, -0.2) is 4.39 Å². The minimum absolute atomic E-state index is 0.0136. The van der Waals surface area contributed by atoms with Gasteiger partial charge in [0.1, 0.15) is 5.82 Å². The van der Waals surface area contributed by atoms with Crippen LogP contribution in [0.15, 0.2) is 24.3 Å². The number of halogens is 1. The van der Waals surface area contributed by atoms with Gasteiger partial charge in [0, 0.05) is 24.7 Å². The van der Waals surface area contributed by atoms with Gasteiger partial charge in [-0.1, -0.05) is 12.5 Å². The molecule has 124 valence electrons. The van der Waals surface area contributed by atoms with Crippen LogP contribution in [0, 0.1) is 11.2 Å². The Balaban J connectivity index is 1.68. The molecule has 0 unspecified atom stereocenters. The van der Waals surface area contributed by atoms with Crippen molar-refractivity contribution in [1.82, 2.24) is 10.2 Å². The maximum Gasteiger partial charge on any atom is 0.251 e. The summed E-state index contributed by atoms with van der Waals surface area (Å²) >= 11 is 0. The molecular formula is C18H23FN2O2. The Hall–Kier alpha value is -1.91. The predicted octanol–water partition coefficient (Wildman–Crippen LogP) is 2.74. The van der Waals surface area contributed by atoms with Crippen LogP contribution in [0.5, 0.6) is 0 Å². The highest BCUT2D eigenvalue weighted by Gasteiger charge is 2.48. The van der Waals surface area contributed by atoms with E-state index >= 15 is 0 Å². The van der Waals surface area contributed by atoms with E-state index in [0.29, 0.717) is 12.0 Å². The van der Waals surface area contributed by atoms with E-state index < -0.39 is 5.82 Å². The summed E-state index contributed by atoms with van der Waals surface area (Å²) in [5.41, 5.74) is 0.0336. The molecule has 1 aromatic rings. The summed E-state index contributed by atoms with van der Waals surface area (Å²) in [6, 6.07) is 5.69. The molecule has 1 spiro atoms. The van der Waals surface area contributed by atoms with Gasteiger partial charge in [-0.3, -0.25) is 9.59 Å². The quantitative estimate of drug-likeness (QED) is 0.931. The average Bonchev–Trinajstić information content (AvgIpc) is 2.83. The number of carbonyl (C=O) groups is 2. The molecule has 1 saturated carbocycles. The van der Waals surface area contributed by atoms with Crippen LogP contribution in [0.2, 0.25) is 0 Å². The highest BCUT2D eigenvalue weighted by molar-refractivity contribution is 5.94. The first-order chi connectivity index (χ1) is 11.0. The summed E-state index contributed by atoms with van der Waals surface area (Å²) < 4.78 is 13.2. The molecule has 2 aliphatic rings. The van der Waals surface area contributed by atoms with Crippen LogP contribution in [-0.4, -0.2) is 35.8 Å². The fraction of sp³-hybridized carbons (Fsp3) is 0.556. The SMILES string of the molecule is CCN1CC[C@]2(CCC[C@H](NC(=O)c3cccc(F)c3)C2)C1=O. The van der Waals surface area contributed by atoms with E-state index in [-0.39, 0.29) is 23.3 Å². The molecule has 1 aromatic carbocycles. The Kier molecular flexibility index (Phi) is 4.37. The molecule has 1 saturated heterocycles. The van der Waals surface area contributed by atoms with E-state index in [1.165, 1.54) is 18.2 Å². The molecule has 5 heteroatoms. The first-order valence-electron chi connectivity index (χ1n) is 8.40. The van der Waals surface area contributed by atoms with Gasteiger partial charge in [-0.2, -0.15) is 0 Å². The molecular weight excluding hydrogens is 295 g/mol. The number of nitrogens with one attached hydrogen (secondary N) is 1. The molecule has 1 N–H and O–H groups in total. The van der Waals surface area contributed by atoms with Crippen LogP contribution >= 0.6 is 0 Å². The standard InChI is InChI=1S/C18H23FN2O2/c1-2-21-10-9-18(17(21)23)8-4-7-15(12-18)20-16(22)13-5-3-6-14(19)11-13/h3,5-6,11,15H,2,4,7-10,12H2,1H3,(H,20,22)/t15-,18-/m0/s1. The zero-order chi connectivity index (χ0) is 16.4. The number of hydrogen-bond donors (Lipinski definition) is 1. The molecule has 3 rings (SSSR count). The Bertz CT molecular complexity index is 619. The normalized spacial score (nSPS) is 27.5. The van der Waals surface area contributed by atoms with Gasteiger partial charge in [0.25, 0.3) is 5.91 Å². The predicted molar refractivity (Wildman–Crippen MR) is 85.4 cm³/mol. The number of benzene rings is 1. The number of rotatable bonds is 3. The third-order valence-electron chi connectivity index (χ3n) is 5.25. The van der Waals surface area contributed by atoms with Gasteiger partial charge in [-0.15, -0.1) is 0 Å².